The number of amides is 2. The second-order valence-electron chi connectivity index (χ2n) is 9.92. The van der Waals surface area contributed by atoms with E-state index in [4.69, 9.17) is 4.74 Å². The van der Waals surface area contributed by atoms with Gasteiger partial charge in [0.1, 0.15) is 23.4 Å². The number of nitrogens with zero attached hydrogens (tertiary/aromatic N) is 5. The van der Waals surface area contributed by atoms with Crippen LogP contribution in [0.15, 0.2) is 18.3 Å². The molecule has 2 aromatic rings. The molecule has 4 heterocycles. The van der Waals surface area contributed by atoms with Crippen LogP contribution in [0.2, 0.25) is 0 Å². The first-order valence-corrected chi connectivity index (χ1v) is 12.8. The first kappa shape index (κ1) is 26.7. The highest BCUT2D eigenvalue weighted by Gasteiger charge is 2.28. The van der Waals surface area contributed by atoms with Gasteiger partial charge in [0.05, 0.1) is 5.56 Å². The highest BCUT2D eigenvalue weighted by molar-refractivity contribution is 6.01. The van der Waals surface area contributed by atoms with E-state index in [1.165, 1.54) is 6.20 Å². The molecule has 0 saturated carbocycles. The molecule has 0 radical (unpaired) electrons. The molecule has 37 heavy (non-hydrogen) atoms. The van der Waals surface area contributed by atoms with E-state index in [1.807, 2.05) is 6.07 Å². The number of hydrogen-bond donors (Lipinski definition) is 2. The Morgan fingerprint density at radius 3 is 2.78 bits per heavy atom. The van der Waals surface area contributed by atoms with E-state index in [9.17, 15) is 14.9 Å². The summed E-state index contributed by atoms with van der Waals surface area (Å²) in [6, 6.07) is 6.33. The van der Waals surface area contributed by atoms with Gasteiger partial charge in [0.15, 0.2) is 6.29 Å². The maximum absolute atomic E-state index is 13.3. The van der Waals surface area contributed by atoms with Crippen molar-refractivity contribution >= 4 is 24.0 Å². The molecule has 0 spiro atoms. The van der Waals surface area contributed by atoms with E-state index < -0.39 is 0 Å². The Balaban J connectivity index is 1.53. The monoisotopic (exact) mass is 505 g/mol. The Labute approximate surface area is 218 Å². The van der Waals surface area contributed by atoms with Crippen LogP contribution < -0.4 is 15.5 Å². The average Bonchev–Trinajstić information content (AvgIpc) is 2.87. The summed E-state index contributed by atoms with van der Waals surface area (Å²) in [5.41, 5.74) is 3.52. The summed E-state index contributed by atoms with van der Waals surface area (Å²) in [7, 11) is 1.64. The van der Waals surface area contributed by atoms with Crippen LogP contribution in [-0.4, -0.2) is 72.6 Å². The Morgan fingerprint density at radius 1 is 1.30 bits per heavy atom. The van der Waals surface area contributed by atoms with Crippen LogP contribution in [0, 0.1) is 11.3 Å². The van der Waals surface area contributed by atoms with Gasteiger partial charge in [-0.3, -0.25) is 19.9 Å². The minimum absolute atomic E-state index is 0.358. The predicted octanol–water partition coefficient (Wildman–Crippen LogP) is 2.91. The van der Waals surface area contributed by atoms with Gasteiger partial charge in [0.25, 0.3) is 0 Å². The number of fused-ring (bicyclic) bond motifs is 1. The van der Waals surface area contributed by atoms with E-state index in [0.717, 1.165) is 55.3 Å². The van der Waals surface area contributed by atoms with Crippen LogP contribution in [0.3, 0.4) is 0 Å². The highest BCUT2D eigenvalue weighted by atomic mass is 16.5. The molecule has 10 heteroatoms. The zero-order chi connectivity index (χ0) is 26.4. The number of aldehydes is 1. The second kappa shape index (κ2) is 12.2. The molecule has 0 aliphatic carbocycles. The normalized spacial score (nSPS) is 19.7. The number of aryl methyl sites for hydroxylation is 2. The number of nitrogens with one attached hydrogen (secondary N) is 2. The summed E-state index contributed by atoms with van der Waals surface area (Å²) in [6.45, 7) is 7.86. The van der Waals surface area contributed by atoms with E-state index in [0.29, 0.717) is 61.1 Å². The summed E-state index contributed by atoms with van der Waals surface area (Å²) < 4.78 is 5.11. The van der Waals surface area contributed by atoms with Crippen LogP contribution in [0.4, 0.5) is 16.4 Å². The molecule has 0 bridgehead atoms. The van der Waals surface area contributed by atoms with Crippen LogP contribution >= 0.6 is 0 Å². The molecular weight excluding hydrogens is 470 g/mol. The fourth-order valence-corrected chi connectivity index (χ4v) is 5.25. The molecule has 196 valence electrons. The zero-order valence-electron chi connectivity index (χ0n) is 21.8. The van der Waals surface area contributed by atoms with Gasteiger partial charge in [-0.25, -0.2) is 14.8 Å². The first-order chi connectivity index (χ1) is 17.9. The van der Waals surface area contributed by atoms with Crippen molar-refractivity contribution in [3.63, 3.8) is 0 Å². The molecule has 2 aliphatic rings. The number of anilines is 2. The van der Waals surface area contributed by atoms with Crippen molar-refractivity contribution in [2.75, 3.05) is 43.6 Å². The van der Waals surface area contributed by atoms with Crippen molar-refractivity contribution in [2.45, 2.75) is 58.2 Å². The molecular formula is C27H35N7O3. The quantitative estimate of drug-likeness (QED) is 0.415. The number of rotatable bonds is 8. The fraction of sp³-hybridized carbons (Fsp3) is 0.519. The minimum atomic E-state index is -0.358. The summed E-state index contributed by atoms with van der Waals surface area (Å²) >= 11 is 0. The highest BCUT2D eigenvalue weighted by Crippen LogP contribution is 2.29. The second-order valence-corrected chi connectivity index (χ2v) is 9.92. The number of ether oxygens (including phenoxy) is 1. The molecule has 2 atom stereocenters. The molecule has 2 aromatic heterocycles. The van der Waals surface area contributed by atoms with Gasteiger partial charge in [-0.15, -0.1) is 0 Å². The van der Waals surface area contributed by atoms with Crippen LogP contribution in [0.25, 0.3) is 0 Å². The topological polar surface area (TPSA) is 123 Å². The largest absolute Gasteiger partial charge is 0.385 e. The van der Waals surface area contributed by atoms with Gasteiger partial charge in [-0.1, -0.05) is 0 Å². The Morgan fingerprint density at radius 2 is 2.08 bits per heavy atom. The average molecular weight is 506 g/mol. The van der Waals surface area contributed by atoms with Crippen molar-refractivity contribution in [1.82, 2.24) is 20.2 Å². The van der Waals surface area contributed by atoms with Gasteiger partial charge >= 0.3 is 6.03 Å². The third-order valence-electron chi connectivity index (χ3n) is 6.80. The van der Waals surface area contributed by atoms with Crippen LogP contribution in [0.1, 0.15) is 59.4 Å². The minimum Gasteiger partial charge on any atom is -0.385 e. The fourth-order valence-electron chi connectivity index (χ4n) is 5.25. The third kappa shape index (κ3) is 6.49. The predicted molar refractivity (Wildman–Crippen MR) is 141 cm³/mol. The number of nitriles is 1. The van der Waals surface area contributed by atoms with Crippen LogP contribution in [-0.2, 0) is 24.1 Å². The number of carbonyl (C=O) groups excluding carboxylic acids is 2. The molecule has 2 aliphatic heterocycles. The van der Waals surface area contributed by atoms with Crippen molar-refractivity contribution in [1.29, 1.82) is 5.26 Å². The molecule has 1 fully saturated rings. The maximum Gasteiger partial charge on any atom is 0.328 e. The van der Waals surface area contributed by atoms with E-state index in [2.05, 4.69) is 45.4 Å². The maximum atomic E-state index is 13.3. The standard InChI is InChI=1S/C27H35N7O3/c1-18-14-33(15-19(2)30-18)16-22-10-21-6-4-8-34(26(21)31-24(22)17-35)27(36)32-25-11-20(7-5-9-37-3)23(12-28)13-29-25/h10-11,13,17-19,30H,4-9,14-16H2,1-3H3,(H,29,32,36)/t18-,19+. The number of piperazine rings is 1. The van der Waals surface area contributed by atoms with Gasteiger partial charge in [-0.2, -0.15) is 5.26 Å². The van der Waals surface area contributed by atoms with Gasteiger partial charge in [0, 0.05) is 58.2 Å². The lowest BCUT2D eigenvalue weighted by Crippen LogP contribution is -2.53. The number of carbonyl (C=O) groups is 2. The summed E-state index contributed by atoms with van der Waals surface area (Å²) in [5.74, 6) is 0.892. The first-order valence-electron chi connectivity index (χ1n) is 12.8. The molecule has 4 rings (SSSR count). The lowest BCUT2D eigenvalue weighted by Gasteiger charge is -2.36. The smallest absolute Gasteiger partial charge is 0.328 e. The van der Waals surface area contributed by atoms with Gasteiger partial charge in [0.2, 0.25) is 0 Å². The van der Waals surface area contributed by atoms with Crippen molar-refractivity contribution < 1.29 is 14.3 Å². The van der Waals surface area contributed by atoms with Crippen LogP contribution in [0.5, 0.6) is 0 Å². The lowest BCUT2D eigenvalue weighted by molar-refractivity contribution is 0.111. The number of hydrogen-bond acceptors (Lipinski definition) is 8. The Bertz CT molecular complexity index is 1170. The van der Waals surface area contributed by atoms with Crippen molar-refractivity contribution in [3.8, 4) is 6.07 Å². The summed E-state index contributed by atoms with van der Waals surface area (Å²) in [4.78, 5) is 38.1. The molecule has 0 unspecified atom stereocenters. The number of aromatic nitrogens is 2. The number of pyridine rings is 2. The Hall–Kier alpha value is -3.39. The summed E-state index contributed by atoms with van der Waals surface area (Å²) in [6.07, 6.45) is 5.26. The van der Waals surface area contributed by atoms with E-state index in [-0.39, 0.29) is 6.03 Å². The van der Waals surface area contributed by atoms with Crippen molar-refractivity contribution in [3.05, 3.63) is 46.3 Å². The van der Waals surface area contributed by atoms with Crippen molar-refractivity contribution in [2.24, 2.45) is 0 Å². The molecule has 2 amide bonds. The van der Waals surface area contributed by atoms with E-state index in [1.54, 1.807) is 18.1 Å². The van der Waals surface area contributed by atoms with Gasteiger partial charge in [-0.05, 0) is 68.4 Å². The molecule has 2 N–H and O–H groups in total. The number of urea groups is 1. The number of methoxy groups -OCH3 is 1. The summed E-state index contributed by atoms with van der Waals surface area (Å²) in [5, 5.41) is 15.8. The third-order valence-corrected chi connectivity index (χ3v) is 6.80. The molecule has 0 aromatic carbocycles. The molecule has 10 nitrogen and oxygen atoms in total. The molecule has 1 saturated heterocycles. The lowest BCUT2D eigenvalue weighted by atomic mass is 10.0. The zero-order valence-corrected chi connectivity index (χ0v) is 21.8. The van der Waals surface area contributed by atoms with Gasteiger partial charge < -0.3 is 10.1 Å². The SMILES string of the molecule is COCCCc1cc(NC(=O)N2CCCc3cc(CN4C[C@@H](C)N[C@@H](C)C4)c(C=O)nc32)ncc1C#N. The Kier molecular flexibility index (Phi) is 8.82. The van der Waals surface area contributed by atoms with E-state index >= 15 is 0 Å².